The van der Waals surface area contributed by atoms with Crippen LogP contribution in [0.3, 0.4) is 0 Å². The summed E-state index contributed by atoms with van der Waals surface area (Å²) in [6, 6.07) is 9.53. The zero-order valence-electron chi connectivity index (χ0n) is 15.9. The zero-order chi connectivity index (χ0) is 18.0. The summed E-state index contributed by atoms with van der Waals surface area (Å²) in [5.41, 5.74) is 3.07. The Balaban J connectivity index is 1.95. The van der Waals surface area contributed by atoms with Crippen LogP contribution >= 0.6 is 34.0 Å². The topological polar surface area (TPSA) is 0 Å². The van der Waals surface area contributed by atoms with E-state index in [1.165, 1.54) is 60.5 Å². The van der Waals surface area contributed by atoms with Crippen LogP contribution in [0, 0.1) is 6.92 Å². The van der Waals surface area contributed by atoms with Gasteiger partial charge in [0.15, 0.2) is 0 Å². The maximum absolute atomic E-state index is 2.45. The van der Waals surface area contributed by atoms with Gasteiger partial charge in [-0.2, -0.15) is 0 Å². The molecule has 0 aliphatic carbocycles. The SMILES string of the molecule is CCCc1cc(-c2ccc(-c3sc(C(C)C)cc3CCC)s2)sc1C. The summed E-state index contributed by atoms with van der Waals surface area (Å²) in [7, 11) is 0. The largest absolute Gasteiger partial charge is 0.139 e. The lowest BCUT2D eigenvalue weighted by Crippen LogP contribution is -1.82. The summed E-state index contributed by atoms with van der Waals surface area (Å²) in [5.74, 6) is 0.616. The van der Waals surface area contributed by atoms with Gasteiger partial charge in [0.2, 0.25) is 0 Å². The number of aryl methyl sites for hydroxylation is 3. The van der Waals surface area contributed by atoms with Crippen molar-refractivity contribution in [3.05, 3.63) is 45.1 Å². The molecule has 0 aliphatic rings. The molecule has 0 bridgehead atoms. The molecule has 0 nitrogen and oxygen atoms in total. The smallest absolute Gasteiger partial charge is 0.0477 e. The lowest BCUT2D eigenvalue weighted by atomic mass is 10.1. The second-order valence-corrected chi connectivity index (χ2v) is 10.4. The number of rotatable bonds is 7. The van der Waals surface area contributed by atoms with Crippen LogP contribution < -0.4 is 0 Å². The monoisotopic (exact) mass is 388 g/mol. The molecule has 0 spiro atoms. The molecule has 3 heteroatoms. The predicted molar refractivity (Wildman–Crippen MR) is 118 cm³/mol. The van der Waals surface area contributed by atoms with E-state index in [1.807, 2.05) is 34.0 Å². The van der Waals surface area contributed by atoms with Gasteiger partial charge in [-0.05, 0) is 61.1 Å². The Bertz CT molecular complexity index is 829. The fourth-order valence-corrected chi connectivity index (χ4v) is 6.67. The van der Waals surface area contributed by atoms with E-state index in [1.54, 1.807) is 5.56 Å². The van der Waals surface area contributed by atoms with Crippen LogP contribution in [0.4, 0.5) is 0 Å². The van der Waals surface area contributed by atoms with Crippen LogP contribution in [0.15, 0.2) is 24.3 Å². The van der Waals surface area contributed by atoms with Crippen molar-refractivity contribution in [2.24, 2.45) is 0 Å². The maximum atomic E-state index is 2.45. The van der Waals surface area contributed by atoms with Crippen LogP contribution in [-0.2, 0) is 12.8 Å². The first-order chi connectivity index (χ1) is 12.0. The van der Waals surface area contributed by atoms with Crippen LogP contribution in [0.2, 0.25) is 0 Å². The van der Waals surface area contributed by atoms with Crippen molar-refractivity contribution in [2.75, 3.05) is 0 Å². The molecular weight excluding hydrogens is 360 g/mol. The van der Waals surface area contributed by atoms with E-state index in [4.69, 9.17) is 0 Å². The molecule has 3 rings (SSSR count). The van der Waals surface area contributed by atoms with Crippen LogP contribution in [-0.4, -0.2) is 0 Å². The van der Waals surface area contributed by atoms with Crippen molar-refractivity contribution < 1.29 is 0 Å². The molecular formula is C22H28S3. The van der Waals surface area contributed by atoms with Crippen molar-refractivity contribution in [3.63, 3.8) is 0 Å². The van der Waals surface area contributed by atoms with Crippen molar-refractivity contribution >= 4 is 34.0 Å². The molecule has 0 saturated heterocycles. The first-order valence-corrected chi connectivity index (χ1v) is 11.8. The molecule has 3 aromatic rings. The number of thiophene rings is 3. The molecule has 3 heterocycles. The maximum Gasteiger partial charge on any atom is 0.0477 e. The lowest BCUT2D eigenvalue weighted by Gasteiger charge is -1.99. The molecule has 0 aliphatic heterocycles. The Morgan fingerprint density at radius 1 is 0.800 bits per heavy atom. The van der Waals surface area contributed by atoms with Crippen molar-refractivity contribution in [2.45, 2.75) is 66.2 Å². The standard InChI is InChI=1S/C22H28S3/c1-6-8-16-12-21(23-15(16)5)18-10-11-19(24-18)22-17(9-7-2)13-20(25-22)14(3)4/h10-14H,6-9H2,1-5H3. The summed E-state index contributed by atoms with van der Waals surface area (Å²) >= 11 is 5.92. The molecule has 134 valence electrons. The van der Waals surface area contributed by atoms with Gasteiger partial charge in [0, 0.05) is 29.3 Å². The molecule has 0 fully saturated rings. The van der Waals surface area contributed by atoms with E-state index in [2.05, 4.69) is 58.9 Å². The third kappa shape index (κ3) is 4.10. The predicted octanol–water partition coefficient (Wildman–Crippen LogP) is 8.54. The van der Waals surface area contributed by atoms with Crippen molar-refractivity contribution in [3.8, 4) is 19.5 Å². The highest BCUT2D eigenvalue weighted by atomic mass is 32.1. The minimum absolute atomic E-state index is 0.616. The van der Waals surface area contributed by atoms with E-state index in [9.17, 15) is 0 Å². The van der Waals surface area contributed by atoms with Gasteiger partial charge in [-0.1, -0.05) is 40.5 Å². The van der Waals surface area contributed by atoms with Crippen molar-refractivity contribution in [1.29, 1.82) is 0 Å². The van der Waals surface area contributed by atoms with Gasteiger partial charge in [-0.3, -0.25) is 0 Å². The molecule has 0 unspecified atom stereocenters. The molecule has 3 aromatic heterocycles. The third-order valence-electron chi connectivity index (χ3n) is 4.53. The van der Waals surface area contributed by atoms with E-state index in [0.717, 1.165) is 0 Å². The first-order valence-electron chi connectivity index (χ1n) is 9.35. The Labute approximate surface area is 164 Å². The van der Waals surface area contributed by atoms with Gasteiger partial charge in [0.05, 0.1) is 0 Å². The molecule has 0 N–H and O–H groups in total. The minimum atomic E-state index is 0.616. The summed E-state index contributed by atoms with van der Waals surface area (Å²) < 4.78 is 0. The van der Waals surface area contributed by atoms with Crippen molar-refractivity contribution in [1.82, 2.24) is 0 Å². The molecule has 0 saturated carbocycles. The fourth-order valence-electron chi connectivity index (χ4n) is 3.15. The second kappa shape index (κ2) is 8.20. The molecule has 0 aromatic carbocycles. The van der Waals surface area contributed by atoms with Gasteiger partial charge in [0.25, 0.3) is 0 Å². The highest BCUT2D eigenvalue weighted by molar-refractivity contribution is 7.26. The van der Waals surface area contributed by atoms with Gasteiger partial charge in [-0.15, -0.1) is 34.0 Å². The highest BCUT2D eigenvalue weighted by Gasteiger charge is 2.16. The third-order valence-corrected chi connectivity index (χ3v) is 8.56. The molecule has 25 heavy (non-hydrogen) atoms. The second-order valence-electron chi connectivity index (χ2n) is 7.01. The first kappa shape index (κ1) is 18.9. The molecule has 0 radical (unpaired) electrons. The minimum Gasteiger partial charge on any atom is -0.139 e. The quantitative estimate of drug-likeness (QED) is 0.380. The van der Waals surface area contributed by atoms with E-state index >= 15 is 0 Å². The van der Waals surface area contributed by atoms with Crippen LogP contribution in [0.25, 0.3) is 19.5 Å². The fraction of sp³-hybridized carbons (Fsp3) is 0.455. The zero-order valence-corrected chi connectivity index (χ0v) is 18.4. The highest BCUT2D eigenvalue weighted by Crippen LogP contribution is 2.44. The molecule has 0 amide bonds. The summed E-state index contributed by atoms with van der Waals surface area (Å²) in [6.45, 7) is 11.4. The summed E-state index contributed by atoms with van der Waals surface area (Å²) in [6.07, 6.45) is 4.82. The Morgan fingerprint density at radius 3 is 2.16 bits per heavy atom. The number of hydrogen-bond donors (Lipinski definition) is 0. The van der Waals surface area contributed by atoms with E-state index < -0.39 is 0 Å². The van der Waals surface area contributed by atoms with Gasteiger partial charge >= 0.3 is 0 Å². The molecule has 0 atom stereocenters. The average molecular weight is 389 g/mol. The number of hydrogen-bond acceptors (Lipinski definition) is 3. The normalized spacial score (nSPS) is 11.6. The summed E-state index contributed by atoms with van der Waals surface area (Å²) in [5, 5.41) is 0. The Hall–Kier alpha value is -0.900. The Morgan fingerprint density at radius 2 is 1.48 bits per heavy atom. The lowest BCUT2D eigenvalue weighted by molar-refractivity contribution is 0.880. The van der Waals surface area contributed by atoms with E-state index in [-0.39, 0.29) is 0 Å². The van der Waals surface area contributed by atoms with Gasteiger partial charge in [-0.25, -0.2) is 0 Å². The van der Waals surface area contributed by atoms with Crippen LogP contribution in [0.5, 0.6) is 0 Å². The Kier molecular flexibility index (Phi) is 6.19. The summed E-state index contributed by atoms with van der Waals surface area (Å²) in [4.78, 5) is 8.81. The van der Waals surface area contributed by atoms with E-state index in [0.29, 0.717) is 5.92 Å². The average Bonchev–Trinajstić information content (AvgIpc) is 3.27. The van der Waals surface area contributed by atoms with Crippen LogP contribution in [0.1, 0.15) is 67.3 Å². The van der Waals surface area contributed by atoms with Gasteiger partial charge < -0.3 is 0 Å². The van der Waals surface area contributed by atoms with Gasteiger partial charge in [0.1, 0.15) is 0 Å².